The molecule has 0 aromatic carbocycles. The Morgan fingerprint density at radius 1 is 1.86 bits per heavy atom. The minimum atomic E-state index is 0.837. The molecule has 0 saturated heterocycles. The van der Waals surface area contributed by atoms with E-state index in [0.29, 0.717) is 0 Å². The molecule has 0 atom stereocenters. The smallest absolute Gasteiger partial charge is 0.111 e. The predicted octanol–water partition coefficient (Wildman–Crippen LogP) is -0.00620. The predicted molar refractivity (Wildman–Crippen MR) is 29.6 cm³/mol. The average molecular weight is 97.1 g/mol. The maximum atomic E-state index is 3.75. The van der Waals surface area contributed by atoms with Crippen LogP contribution in [0.5, 0.6) is 0 Å². The van der Waals surface area contributed by atoms with E-state index in [-0.39, 0.29) is 0 Å². The van der Waals surface area contributed by atoms with Crippen LogP contribution in [0.2, 0.25) is 0 Å². The molecule has 0 saturated carbocycles. The lowest BCUT2D eigenvalue weighted by atomic mass is 10.4. The van der Waals surface area contributed by atoms with Gasteiger partial charge in [-0.15, -0.1) is 5.10 Å². The zero-order valence-electron chi connectivity index (χ0n) is 4.18. The maximum absolute atomic E-state index is 3.75. The second kappa shape index (κ2) is 1.73. The highest BCUT2D eigenvalue weighted by atomic mass is 15.3. The summed E-state index contributed by atoms with van der Waals surface area (Å²) in [5.41, 5.74) is 1.03. The van der Waals surface area contributed by atoms with Crippen LogP contribution in [0.25, 0.3) is 0 Å². The minimum Gasteiger partial charge on any atom is -0.369 e. The van der Waals surface area contributed by atoms with Crippen molar-refractivity contribution in [3.8, 4) is 0 Å². The van der Waals surface area contributed by atoms with Crippen LogP contribution in [0.15, 0.2) is 10.2 Å². The molecule has 1 heterocycles. The molecule has 0 radical (unpaired) electrons. The quantitative estimate of drug-likeness (QED) is 0.453. The molecule has 3 heteroatoms. The van der Waals surface area contributed by atoms with E-state index in [2.05, 4.69) is 15.5 Å². The molecule has 0 fully saturated rings. The number of rotatable bonds is 0. The Morgan fingerprint density at radius 2 is 2.71 bits per heavy atom. The van der Waals surface area contributed by atoms with Crippen LogP contribution in [0, 0.1) is 0 Å². The summed E-state index contributed by atoms with van der Waals surface area (Å²) in [6.45, 7) is 2.77. The Bertz CT molecular complexity index is 114. The fourth-order valence-electron chi connectivity index (χ4n) is 0.397. The first kappa shape index (κ1) is 4.30. The Labute approximate surface area is 42.1 Å². The van der Waals surface area contributed by atoms with Gasteiger partial charge in [-0.05, 0) is 6.92 Å². The van der Waals surface area contributed by atoms with Gasteiger partial charge in [-0.3, -0.25) is 0 Å². The summed E-state index contributed by atoms with van der Waals surface area (Å²) < 4.78 is 0. The van der Waals surface area contributed by atoms with Gasteiger partial charge in [-0.25, -0.2) is 0 Å². The van der Waals surface area contributed by atoms with Gasteiger partial charge in [0.2, 0.25) is 0 Å². The van der Waals surface area contributed by atoms with Gasteiger partial charge >= 0.3 is 0 Å². The molecular formula is C4H7N3. The molecule has 0 unspecified atom stereocenters. The van der Waals surface area contributed by atoms with Crippen molar-refractivity contribution in [2.45, 2.75) is 6.92 Å². The second-order valence-corrected chi connectivity index (χ2v) is 1.46. The molecule has 7 heavy (non-hydrogen) atoms. The zero-order valence-corrected chi connectivity index (χ0v) is 4.18. The standard InChI is InChI=1S/C4H7N3/c1-4-2-5-3-6-7-4/h3H,2H2,1H3,(H,5,6). The summed E-state index contributed by atoms with van der Waals surface area (Å²) in [6, 6.07) is 0. The van der Waals surface area contributed by atoms with Gasteiger partial charge in [-0.1, -0.05) is 0 Å². The van der Waals surface area contributed by atoms with E-state index < -0.39 is 0 Å². The summed E-state index contributed by atoms with van der Waals surface area (Å²) in [4.78, 5) is 0. The van der Waals surface area contributed by atoms with E-state index in [9.17, 15) is 0 Å². The molecule has 1 rings (SSSR count). The zero-order chi connectivity index (χ0) is 5.11. The van der Waals surface area contributed by atoms with Gasteiger partial charge in [0.05, 0.1) is 12.3 Å². The lowest BCUT2D eigenvalue weighted by molar-refractivity contribution is 1.02. The summed E-state index contributed by atoms with van der Waals surface area (Å²) >= 11 is 0. The van der Waals surface area contributed by atoms with Gasteiger partial charge < -0.3 is 5.32 Å². The maximum Gasteiger partial charge on any atom is 0.111 e. The third-order valence-corrected chi connectivity index (χ3v) is 0.735. The highest BCUT2D eigenvalue weighted by Crippen LogP contribution is 1.79. The molecule has 1 aliphatic rings. The van der Waals surface area contributed by atoms with E-state index >= 15 is 0 Å². The van der Waals surface area contributed by atoms with E-state index in [1.54, 1.807) is 6.34 Å². The first-order chi connectivity index (χ1) is 3.39. The summed E-state index contributed by atoms with van der Waals surface area (Å²) in [7, 11) is 0. The topological polar surface area (TPSA) is 36.8 Å². The minimum absolute atomic E-state index is 0.837. The van der Waals surface area contributed by atoms with E-state index in [0.717, 1.165) is 12.3 Å². The van der Waals surface area contributed by atoms with Crippen molar-refractivity contribution < 1.29 is 0 Å². The van der Waals surface area contributed by atoms with Crippen LogP contribution in [-0.2, 0) is 0 Å². The van der Waals surface area contributed by atoms with Crippen LogP contribution >= 0.6 is 0 Å². The fourth-order valence-corrected chi connectivity index (χ4v) is 0.397. The highest BCUT2D eigenvalue weighted by Gasteiger charge is 1.89. The Morgan fingerprint density at radius 3 is 3.00 bits per heavy atom. The fraction of sp³-hybridized carbons (Fsp3) is 0.500. The summed E-state index contributed by atoms with van der Waals surface area (Å²) in [5.74, 6) is 0. The lowest BCUT2D eigenvalue weighted by Crippen LogP contribution is -2.21. The summed E-state index contributed by atoms with van der Waals surface area (Å²) in [6.07, 6.45) is 1.59. The molecule has 0 aromatic rings. The summed E-state index contributed by atoms with van der Waals surface area (Å²) in [5, 5.41) is 10.3. The van der Waals surface area contributed by atoms with Gasteiger partial charge in [0.15, 0.2) is 0 Å². The van der Waals surface area contributed by atoms with Crippen LogP contribution in [-0.4, -0.2) is 18.6 Å². The van der Waals surface area contributed by atoms with Crippen molar-refractivity contribution in [1.29, 1.82) is 0 Å². The molecule has 3 nitrogen and oxygen atoms in total. The Balaban J connectivity index is 2.57. The Hall–Kier alpha value is -0.860. The molecule has 38 valence electrons. The largest absolute Gasteiger partial charge is 0.369 e. The lowest BCUT2D eigenvalue weighted by Gasteiger charge is -2.00. The normalized spacial score (nSPS) is 18.1. The third kappa shape index (κ3) is 0.994. The van der Waals surface area contributed by atoms with Crippen LogP contribution in [0.4, 0.5) is 0 Å². The van der Waals surface area contributed by atoms with E-state index in [1.807, 2.05) is 6.92 Å². The molecule has 0 aliphatic carbocycles. The van der Waals surface area contributed by atoms with Crippen molar-refractivity contribution in [1.82, 2.24) is 5.32 Å². The van der Waals surface area contributed by atoms with Crippen molar-refractivity contribution in [3.05, 3.63) is 0 Å². The van der Waals surface area contributed by atoms with Crippen molar-refractivity contribution >= 4 is 12.1 Å². The molecule has 1 aliphatic heterocycles. The van der Waals surface area contributed by atoms with Gasteiger partial charge in [0.25, 0.3) is 0 Å². The van der Waals surface area contributed by atoms with Crippen molar-refractivity contribution in [2.75, 3.05) is 6.54 Å². The SMILES string of the molecule is CC1=NN=CNC1. The molecule has 0 aromatic heterocycles. The first-order valence-corrected chi connectivity index (χ1v) is 2.18. The molecular weight excluding hydrogens is 90.1 g/mol. The molecule has 0 spiro atoms. The number of hydrogen-bond acceptors (Lipinski definition) is 3. The molecule has 0 bridgehead atoms. The second-order valence-electron chi connectivity index (χ2n) is 1.46. The van der Waals surface area contributed by atoms with Crippen molar-refractivity contribution in [2.24, 2.45) is 10.2 Å². The van der Waals surface area contributed by atoms with Crippen LogP contribution < -0.4 is 5.32 Å². The van der Waals surface area contributed by atoms with Gasteiger partial charge in [-0.2, -0.15) is 5.10 Å². The van der Waals surface area contributed by atoms with Crippen molar-refractivity contribution in [3.63, 3.8) is 0 Å². The van der Waals surface area contributed by atoms with E-state index in [1.165, 1.54) is 0 Å². The Kier molecular flexibility index (Phi) is 1.06. The molecule has 1 N–H and O–H groups in total. The van der Waals surface area contributed by atoms with Gasteiger partial charge in [0, 0.05) is 0 Å². The average Bonchev–Trinajstić information content (AvgIpc) is 1.69. The van der Waals surface area contributed by atoms with Gasteiger partial charge in [0.1, 0.15) is 6.34 Å². The van der Waals surface area contributed by atoms with Crippen LogP contribution in [0.1, 0.15) is 6.92 Å². The first-order valence-electron chi connectivity index (χ1n) is 2.18. The molecule has 0 amide bonds. The highest BCUT2D eigenvalue weighted by molar-refractivity contribution is 5.87. The van der Waals surface area contributed by atoms with Crippen LogP contribution in [0.3, 0.4) is 0 Å². The monoisotopic (exact) mass is 97.1 g/mol. The number of nitrogens with one attached hydrogen (secondary N) is 1. The van der Waals surface area contributed by atoms with E-state index in [4.69, 9.17) is 0 Å². The number of nitrogens with zero attached hydrogens (tertiary/aromatic N) is 2. The third-order valence-electron chi connectivity index (χ3n) is 0.735. The number of hydrogen-bond donors (Lipinski definition) is 1.